The van der Waals surface area contributed by atoms with Crippen molar-refractivity contribution in [2.24, 2.45) is 5.92 Å². The van der Waals surface area contributed by atoms with Crippen LogP contribution >= 0.6 is 0 Å². The molecule has 1 fully saturated rings. The van der Waals surface area contributed by atoms with Gasteiger partial charge in [0.2, 0.25) is 5.91 Å². The Morgan fingerprint density at radius 1 is 1.41 bits per heavy atom. The third kappa shape index (κ3) is 5.17. The number of piperidine rings is 1. The molecule has 98 valence electrons. The molecule has 0 aromatic rings. The highest BCUT2D eigenvalue weighted by Crippen LogP contribution is 2.13. The summed E-state index contributed by atoms with van der Waals surface area (Å²) < 4.78 is 0. The van der Waals surface area contributed by atoms with Gasteiger partial charge in [-0.05, 0) is 32.4 Å². The van der Waals surface area contributed by atoms with Crippen LogP contribution in [-0.2, 0) is 9.59 Å². The van der Waals surface area contributed by atoms with Crippen molar-refractivity contribution in [3.8, 4) is 0 Å². The summed E-state index contributed by atoms with van der Waals surface area (Å²) in [4.78, 5) is 22.6. The highest BCUT2D eigenvalue weighted by atomic mass is 16.4. The Labute approximate surface area is 102 Å². The first-order valence-electron chi connectivity index (χ1n) is 6.36. The highest BCUT2D eigenvalue weighted by Gasteiger charge is 2.23. The smallest absolute Gasteiger partial charge is 0.305 e. The number of aliphatic carboxylic acids is 1. The van der Waals surface area contributed by atoms with Crippen LogP contribution < -0.4 is 10.6 Å². The molecule has 1 unspecified atom stereocenters. The van der Waals surface area contributed by atoms with Crippen molar-refractivity contribution in [1.82, 2.24) is 10.6 Å². The molecule has 0 radical (unpaired) electrons. The Bertz CT molecular complexity index is 262. The van der Waals surface area contributed by atoms with E-state index >= 15 is 0 Å². The Balaban J connectivity index is 2.41. The summed E-state index contributed by atoms with van der Waals surface area (Å²) in [5.41, 5.74) is 0. The van der Waals surface area contributed by atoms with E-state index in [4.69, 9.17) is 5.11 Å². The standard InChI is InChI=1S/C12H22N2O3/c1-2-3-10(8-11(15)16)14-12(17)9-4-6-13-7-5-9/h9-10,13H,2-8H2,1H3,(H,14,17)(H,15,16). The lowest BCUT2D eigenvalue weighted by atomic mass is 9.96. The molecule has 0 saturated carbocycles. The maximum atomic E-state index is 11.9. The van der Waals surface area contributed by atoms with Gasteiger partial charge in [0.25, 0.3) is 0 Å². The fourth-order valence-electron chi connectivity index (χ4n) is 2.19. The average Bonchev–Trinajstić information content (AvgIpc) is 2.29. The molecule has 5 nitrogen and oxygen atoms in total. The summed E-state index contributed by atoms with van der Waals surface area (Å²) in [5, 5.41) is 14.9. The second kappa shape index (κ2) is 7.27. The molecular weight excluding hydrogens is 220 g/mol. The van der Waals surface area contributed by atoms with E-state index in [9.17, 15) is 9.59 Å². The van der Waals surface area contributed by atoms with E-state index in [0.29, 0.717) is 0 Å². The van der Waals surface area contributed by atoms with Crippen LogP contribution in [0.1, 0.15) is 39.0 Å². The van der Waals surface area contributed by atoms with Crippen LogP contribution in [0.25, 0.3) is 0 Å². The molecule has 0 spiro atoms. The molecule has 1 heterocycles. The molecule has 0 bridgehead atoms. The van der Waals surface area contributed by atoms with Gasteiger partial charge in [0.05, 0.1) is 6.42 Å². The molecule has 3 N–H and O–H groups in total. The summed E-state index contributed by atoms with van der Waals surface area (Å²) in [6, 6.07) is -0.222. The summed E-state index contributed by atoms with van der Waals surface area (Å²) in [5.74, 6) is -0.787. The van der Waals surface area contributed by atoms with Gasteiger partial charge in [0.15, 0.2) is 0 Å². The largest absolute Gasteiger partial charge is 0.481 e. The zero-order valence-corrected chi connectivity index (χ0v) is 10.4. The minimum atomic E-state index is -0.853. The van der Waals surface area contributed by atoms with Gasteiger partial charge >= 0.3 is 5.97 Å². The summed E-state index contributed by atoms with van der Waals surface area (Å²) >= 11 is 0. The zero-order valence-electron chi connectivity index (χ0n) is 10.4. The molecule has 1 saturated heterocycles. The van der Waals surface area contributed by atoms with Gasteiger partial charge in [-0.15, -0.1) is 0 Å². The topological polar surface area (TPSA) is 78.4 Å². The number of hydrogen-bond donors (Lipinski definition) is 3. The number of hydrogen-bond acceptors (Lipinski definition) is 3. The molecule has 1 atom stereocenters. The molecule has 0 aliphatic carbocycles. The first kappa shape index (κ1) is 14.0. The molecule has 0 aromatic carbocycles. The van der Waals surface area contributed by atoms with Gasteiger partial charge in [-0.25, -0.2) is 0 Å². The molecule has 0 aromatic heterocycles. The van der Waals surface area contributed by atoms with Crippen molar-refractivity contribution in [2.75, 3.05) is 13.1 Å². The van der Waals surface area contributed by atoms with Crippen LogP contribution in [0.5, 0.6) is 0 Å². The van der Waals surface area contributed by atoms with Gasteiger partial charge in [-0.2, -0.15) is 0 Å². The second-order valence-corrected chi connectivity index (χ2v) is 4.62. The van der Waals surface area contributed by atoms with Crippen LogP contribution in [0.2, 0.25) is 0 Å². The molecule has 1 amide bonds. The van der Waals surface area contributed by atoms with Crippen LogP contribution in [0, 0.1) is 5.92 Å². The summed E-state index contributed by atoms with van der Waals surface area (Å²) in [7, 11) is 0. The van der Waals surface area contributed by atoms with Gasteiger partial charge in [-0.1, -0.05) is 13.3 Å². The molecule has 5 heteroatoms. The number of carbonyl (C=O) groups is 2. The van der Waals surface area contributed by atoms with E-state index in [1.54, 1.807) is 0 Å². The molecular formula is C12H22N2O3. The lowest BCUT2D eigenvalue weighted by Crippen LogP contribution is -2.43. The first-order chi connectivity index (χ1) is 8.13. The number of nitrogens with one attached hydrogen (secondary N) is 2. The van der Waals surface area contributed by atoms with Crippen molar-refractivity contribution in [3.63, 3.8) is 0 Å². The highest BCUT2D eigenvalue weighted by molar-refractivity contribution is 5.79. The molecule has 1 rings (SSSR count). The van der Waals surface area contributed by atoms with Gasteiger partial charge in [0.1, 0.15) is 0 Å². The van der Waals surface area contributed by atoms with Crippen molar-refractivity contribution in [3.05, 3.63) is 0 Å². The summed E-state index contributed by atoms with van der Waals surface area (Å²) in [6.45, 7) is 3.73. The predicted molar refractivity (Wildman–Crippen MR) is 64.7 cm³/mol. The number of carboxylic acid groups (broad SMARTS) is 1. The van der Waals surface area contributed by atoms with Gasteiger partial charge in [0, 0.05) is 12.0 Å². The van der Waals surface area contributed by atoms with Crippen molar-refractivity contribution < 1.29 is 14.7 Å². The quantitative estimate of drug-likeness (QED) is 0.642. The number of amides is 1. The number of carboxylic acids is 1. The van der Waals surface area contributed by atoms with Crippen LogP contribution in [0.4, 0.5) is 0 Å². The Morgan fingerprint density at radius 2 is 2.06 bits per heavy atom. The maximum absolute atomic E-state index is 11.9. The van der Waals surface area contributed by atoms with Crippen LogP contribution in [-0.4, -0.2) is 36.1 Å². The number of rotatable bonds is 6. The lowest BCUT2D eigenvalue weighted by Gasteiger charge is -2.24. The molecule has 17 heavy (non-hydrogen) atoms. The van der Waals surface area contributed by atoms with E-state index < -0.39 is 5.97 Å². The van der Waals surface area contributed by atoms with E-state index in [2.05, 4.69) is 10.6 Å². The average molecular weight is 242 g/mol. The predicted octanol–water partition coefficient (Wildman–Crippen LogP) is 0.746. The maximum Gasteiger partial charge on any atom is 0.305 e. The van der Waals surface area contributed by atoms with Crippen molar-refractivity contribution in [2.45, 2.75) is 45.1 Å². The Hall–Kier alpha value is -1.10. The van der Waals surface area contributed by atoms with Crippen LogP contribution in [0.15, 0.2) is 0 Å². The third-order valence-electron chi connectivity index (χ3n) is 3.11. The second-order valence-electron chi connectivity index (χ2n) is 4.62. The van der Waals surface area contributed by atoms with E-state index in [1.807, 2.05) is 6.92 Å². The Morgan fingerprint density at radius 3 is 2.59 bits per heavy atom. The molecule has 1 aliphatic rings. The normalized spacial score (nSPS) is 18.6. The number of carbonyl (C=O) groups excluding carboxylic acids is 1. The molecule has 1 aliphatic heterocycles. The van der Waals surface area contributed by atoms with Crippen molar-refractivity contribution >= 4 is 11.9 Å². The monoisotopic (exact) mass is 242 g/mol. The van der Waals surface area contributed by atoms with Crippen molar-refractivity contribution in [1.29, 1.82) is 0 Å². The zero-order chi connectivity index (χ0) is 12.7. The minimum Gasteiger partial charge on any atom is -0.481 e. The van der Waals surface area contributed by atoms with Gasteiger partial charge in [-0.3, -0.25) is 9.59 Å². The SMILES string of the molecule is CCCC(CC(=O)O)NC(=O)C1CCNCC1. The lowest BCUT2D eigenvalue weighted by molar-refractivity contribution is -0.138. The van der Waals surface area contributed by atoms with Crippen LogP contribution in [0.3, 0.4) is 0 Å². The first-order valence-corrected chi connectivity index (χ1v) is 6.36. The fourth-order valence-corrected chi connectivity index (χ4v) is 2.19. The van der Waals surface area contributed by atoms with Gasteiger partial charge < -0.3 is 15.7 Å². The summed E-state index contributed by atoms with van der Waals surface area (Å²) in [6.07, 6.45) is 3.31. The van der Waals surface area contributed by atoms with E-state index in [0.717, 1.165) is 38.8 Å². The van der Waals surface area contributed by atoms with E-state index in [-0.39, 0.29) is 24.3 Å². The fraction of sp³-hybridized carbons (Fsp3) is 0.833. The van der Waals surface area contributed by atoms with E-state index in [1.165, 1.54) is 0 Å². The minimum absolute atomic E-state index is 0.0184. The third-order valence-corrected chi connectivity index (χ3v) is 3.11. The Kier molecular flexibility index (Phi) is 5.97.